The van der Waals surface area contributed by atoms with Crippen LogP contribution in [0.5, 0.6) is 5.75 Å². The van der Waals surface area contributed by atoms with E-state index in [0.717, 1.165) is 0 Å². The van der Waals surface area contributed by atoms with E-state index in [1.54, 1.807) is 0 Å². The van der Waals surface area contributed by atoms with Crippen LogP contribution in [-0.4, -0.2) is 18.2 Å². The Morgan fingerprint density at radius 2 is 2.20 bits per heavy atom. The van der Waals surface area contributed by atoms with Gasteiger partial charge in [-0.05, 0) is 12.5 Å². The number of methoxy groups -OCH3 is 1. The molecule has 0 fully saturated rings. The number of halogens is 1. The molecule has 0 aliphatic rings. The number of carbonyl (C=O) groups is 1. The smallest absolute Gasteiger partial charge is 0.327 e. The van der Waals surface area contributed by atoms with E-state index in [1.165, 1.54) is 26.2 Å². The number of carbonyl (C=O) groups excluding carboxylic acids is 1. The van der Waals surface area contributed by atoms with Crippen molar-refractivity contribution in [3.05, 3.63) is 29.1 Å². The number of esters is 1. The lowest BCUT2D eigenvalue weighted by Crippen LogP contribution is -2.22. The molecule has 1 aromatic carbocycles. The highest BCUT2D eigenvalue weighted by Gasteiger charge is 2.22. The Morgan fingerprint density at radius 3 is 2.73 bits per heavy atom. The molecule has 0 unspecified atom stereocenters. The Morgan fingerprint density at radius 1 is 1.60 bits per heavy atom. The molecule has 0 aliphatic carbocycles. The molecule has 0 saturated carbocycles. The molecule has 82 valence electrons. The van der Waals surface area contributed by atoms with Crippen LogP contribution in [0.4, 0.5) is 4.39 Å². The summed E-state index contributed by atoms with van der Waals surface area (Å²) in [5.74, 6) is -2.10. The lowest BCUT2D eigenvalue weighted by atomic mass is 10.0. The second kappa shape index (κ2) is 4.27. The third-order valence-electron chi connectivity index (χ3n) is 2.13. The third kappa shape index (κ3) is 2.07. The van der Waals surface area contributed by atoms with Gasteiger partial charge in [-0.15, -0.1) is 0 Å². The average molecular weight is 213 g/mol. The van der Waals surface area contributed by atoms with Crippen molar-refractivity contribution >= 4 is 5.97 Å². The number of aromatic hydroxyl groups is 1. The van der Waals surface area contributed by atoms with Crippen LogP contribution in [0.15, 0.2) is 12.1 Å². The first-order valence-electron chi connectivity index (χ1n) is 4.30. The van der Waals surface area contributed by atoms with Crippen LogP contribution in [0.3, 0.4) is 0 Å². The number of ether oxygens (including phenoxy) is 1. The third-order valence-corrected chi connectivity index (χ3v) is 2.13. The molecule has 1 atom stereocenters. The highest BCUT2D eigenvalue weighted by molar-refractivity contribution is 5.78. The fraction of sp³-hybridized carbons (Fsp3) is 0.300. The first-order valence-corrected chi connectivity index (χ1v) is 4.30. The highest BCUT2D eigenvalue weighted by Crippen LogP contribution is 2.28. The van der Waals surface area contributed by atoms with Gasteiger partial charge in [0.2, 0.25) is 0 Å². The molecular weight excluding hydrogens is 201 g/mol. The van der Waals surface area contributed by atoms with E-state index in [-0.39, 0.29) is 11.1 Å². The Hall–Kier alpha value is -1.62. The predicted octanol–water partition coefficient (Wildman–Crippen LogP) is 1.01. The van der Waals surface area contributed by atoms with Crippen molar-refractivity contribution in [2.75, 3.05) is 7.11 Å². The average Bonchev–Trinajstić information content (AvgIpc) is 2.24. The van der Waals surface area contributed by atoms with Crippen molar-refractivity contribution in [1.29, 1.82) is 0 Å². The molecule has 1 aromatic rings. The van der Waals surface area contributed by atoms with Crippen LogP contribution >= 0.6 is 0 Å². The topological polar surface area (TPSA) is 72.5 Å². The van der Waals surface area contributed by atoms with Crippen LogP contribution in [0.2, 0.25) is 0 Å². The van der Waals surface area contributed by atoms with Gasteiger partial charge < -0.3 is 15.6 Å². The molecule has 0 aliphatic heterocycles. The van der Waals surface area contributed by atoms with Crippen LogP contribution in [0.1, 0.15) is 17.2 Å². The van der Waals surface area contributed by atoms with E-state index in [9.17, 15) is 14.3 Å². The monoisotopic (exact) mass is 213 g/mol. The summed E-state index contributed by atoms with van der Waals surface area (Å²) in [6.07, 6.45) is 0. The van der Waals surface area contributed by atoms with E-state index >= 15 is 0 Å². The number of nitrogens with two attached hydrogens (primary N) is 1. The van der Waals surface area contributed by atoms with E-state index in [0.29, 0.717) is 0 Å². The first-order chi connectivity index (χ1) is 6.99. The summed E-state index contributed by atoms with van der Waals surface area (Å²) < 4.78 is 17.7. The van der Waals surface area contributed by atoms with Crippen LogP contribution in [-0.2, 0) is 9.53 Å². The minimum atomic E-state index is -1.18. The van der Waals surface area contributed by atoms with E-state index in [1.807, 2.05) is 0 Å². The summed E-state index contributed by atoms with van der Waals surface area (Å²) in [4.78, 5) is 11.1. The summed E-state index contributed by atoms with van der Waals surface area (Å²) in [5.41, 5.74) is 5.77. The number of phenolic OH excluding ortho intramolecular Hbond substituents is 1. The van der Waals surface area contributed by atoms with Crippen LogP contribution in [0, 0.1) is 12.7 Å². The second-order valence-corrected chi connectivity index (χ2v) is 3.14. The molecular formula is C10H12FNO3. The second-order valence-electron chi connectivity index (χ2n) is 3.14. The molecule has 0 bridgehead atoms. The Bertz CT molecular complexity index is 392. The van der Waals surface area contributed by atoms with Crippen molar-refractivity contribution in [1.82, 2.24) is 0 Å². The summed E-state index contributed by atoms with van der Waals surface area (Å²) in [6, 6.07) is 1.66. The number of hydrogen-bond acceptors (Lipinski definition) is 4. The Balaban J connectivity index is 3.16. The highest BCUT2D eigenvalue weighted by atomic mass is 19.1. The van der Waals surface area contributed by atoms with E-state index in [4.69, 9.17) is 5.73 Å². The summed E-state index contributed by atoms with van der Waals surface area (Å²) >= 11 is 0. The van der Waals surface area contributed by atoms with Gasteiger partial charge in [-0.2, -0.15) is 0 Å². The zero-order valence-corrected chi connectivity index (χ0v) is 8.45. The molecule has 0 amide bonds. The van der Waals surface area contributed by atoms with Crippen molar-refractivity contribution < 1.29 is 19.0 Å². The maximum Gasteiger partial charge on any atom is 0.327 e. The van der Waals surface area contributed by atoms with Crippen molar-refractivity contribution in [2.45, 2.75) is 13.0 Å². The number of phenols is 1. The van der Waals surface area contributed by atoms with Crippen molar-refractivity contribution in [3.8, 4) is 5.75 Å². The molecule has 0 saturated heterocycles. The number of benzene rings is 1. The van der Waals surface area contributed by atoms with Gasteiger partial charge >= 0.3 is 5.97 Å². The molecule has 0 spiro atoms. The van der Waals surface area contributed by atoms with Gasteiger partial charge in [0, 0.05) is 5.56 Å². The fourth-order valence-electron chi connectivity index (χ4n) is 1.19. The molecule has 5 heteroatoms. The minimum absolute atomic E-state index is 0.0185. The maximum atomic E-state index is 13.3. The van der Waals surface area contributed by atoms with Gasteiger partial charge in [0.1, 0.15) is 6.04 Å². The largest absolute Gasteiger partial charge is 0.505 e. The van der Waals surface area contributed by atoms with Gasteiger partial charge in [0.05, 0.1) is 7.11 Å². The van der Waals surface area contributed by atoms with Crippen molar-refractivity contribution in [2.24, 2.45) is 5.73 Å². The zero-order chi connectivity index (χ0) is 11.6. The normalized spacial score (nSPS) is 12.3. The van der Waals surface area contributed by atoms with Gasteiger partial charge in [-0.1, -0.05) is 12.1 Å². The molecule has 4 nitrogen and oxygen atoms in total. The van der Waals surface area contributed by atoms with Crippen LogP contribution < -0.4 is 5.73 Å². The maximum absolute atomic E-state index is 13.3. The van der Waals surface area contributed by atoms with Gasteiger partial charge in [-0.3, -0.25) is 4.79 Å². The van der Waals surface area contributed by atoms with Gasteiger partial charge in [0.25, 0.3) is 0 Å². The summed E-state index contributed by atoms with van der Waals surface area (Å²) in [7, 11) is 1.17. The molecule has 3 N–H and O–H groups in total. The van der Waals surface area contributed by atoms with Gasteiger partial charge in [-0.25, -0.2) is 4.39 Å². The Labute approximate surface area is 86.5 Å². The van der Waals surface area contributed by atoms with Crippen molar-refractivity contribution in [3.63, 3.8) is 0 Å². The zero-order valence-electron chi connectivity index (χ0n) is 8.45. The SMILES string of the molecule is COC(=O)[C@@H](N)c1ccc(C)c(F)c1O. The lowest BCUT2D eigenvalue weighted by Gasteiger charge is -2.12. The summed E-state index contributed by atoms with van der Waals surface area (Å²) in [5, 5.41) is 9.43. The van der Waals surface area contributed by atoms with Crippen LogP contribution in [0.25, 0.3) is 0 Å². The molecule has 0 aromatic heterocycles. The van der Waals surface area contributed by atoms with Gasteiger partial charge in [0.15, 0.2) is 11.6 Å². The number of hydrogen-bond donors (Lipinski definition) is 2. The summed E-state index contributed by atoms with van der Waals surface area (Å²) in [6.45, 7) is 1.50. The molecule has 0 heterocycles. The van der Waals surface area contributed by atoms with E-state index < -0.39 is 23.6 Å². The fourth-order valence-corrected chi connectivity index (χ4v) is 1.19. The number of rotatable bonds is 2. The standard InChI is InChI=1S/C10H12FNO3/c1-5-3-4-6(9(13)7(5)11)8(12)10(14)15-2/h3-4,8,13H,12H2,1-2H3/t8-/m0/s1. The molecule has 15 heavy (non-hydrogen) atoms. The lowest BCUT2D eigenvalue weighted by molar-refractivity contribution is -0.142. The quantitative estimate of drug-likeness (QED) is 0.719. The predicted molar refractivity (Wildman–Crippen MR) is 51.7 cm³/mol. The minimum Gasteiger partial charge on any atom is -0.505 e. The number of aryl methyl sites for hydroxylation is 1. The molecule has 1 rings (SSSR count). The first kappa shape index (κ1) is 11.5. The van der Waals surface area contributed by atoms with E-state index in [2.05, 4.69) is 4.74 Å². The Kier molecular flexibility index (Phi) is 3.26. The molecule has 0 radical (unpaired) electrons.